The van der Waals surface area contributed by atoms with Crippen molar-refractivity contribution in [3.8, 4) is 11.7 Å². The fourth-order valence-corrected chi connectivity index (χ4v) is 7.69. The predicted molar refractivity (Wildman–Crippen MR) is 159 cm³/mol. The van der Waals surface area contributed by atoms with Crippen molar-refractivity contribution in [2.75, 3.05) is 36.5 Å². The van der Waals surface area contributed by atoms with Gasteiger partial charge in [0.15, 0.2) is 10.8 Å². The van der Waals surface area contributed by atoms with Crippen LogP contribution in [0.15, 0.2) is 47.6 Å². The molecule has 1 saturated heterocycles. The summed E-state index contributed by atoms with van der Waals surface area (Å²) in [6.45, 7) is 6.09. The van der Waals surface area contributed by atoms with Gasteiger partial charge in [-0.15, -0.1) is 5.10 Å². The Morgan fingerprint density at radius 1 is 1.12 bits per heavy atom. The Morgan fingerprint density at radius 2 is 1.98 bits per heavy atom. The molecule has 43 heavy (non-hydrogen) atoms. The van der Waals surface area contributed by atoms with Crippen LogP contribution in [-0.2, 0) is 14.8 Å². The van der Waals surface area contributed by atoms with Crippen molar-refractivity contribution in [3.05, 3.63) is 48.2 Å². The first kappa shape index (κ1) is 28.1. The molecule has 2 saturated carbocycles. The van der Waals surface area contributed by atoms with E-state index in [0.717, 1.165) is 12.3 Å². The Morgan fingerprint density at radius 3 is 2.77 bits per heavy atom. The molecule has 5 heterocycles. The fraction of sp³-hybridized carbons (Fsp3) is 0.533. The zero-order valence-electron chi connectivity index (χ0n) is 24.5. The lowest BCUT2D eigenvalue weighted by Gasteiger charge is -2.37. The van der Waals surface area contributed by atoms with E-state index >= 15 is 0 Å². The first-order valence-corrected chi connectivity index (χ1v) is 16.5. The van der Waals surface area contributed by atoms with Gasteiger partial charge in [0.25, 0.3) is 15.9 Å². The van der Waals surface area contributed by atoms with Gasteiger partial charge in [-0.1, -0.05) is 6.07 Å². The molecule has 3 fully saturated rings. The predicted octanol–water partition coefficient (Wildman–Crippen LogP) is 3.54. The first-order valence-electron chi connectivity index (χ1n) is 15.0. The van der Waals surface area contributed by atoms with Gasteiger partial charge in [0.05, 0.1) is 24.9 Å². The number of carbonyl (C=O) groups is 1. The van der Waals surface area contributed by atoms with Crippen molar-refractivity contribution >= 4 is 27.6 Å². The number of nitrogens with one attached hydrogen (secondary N) is 2. The van der Waals surface area contributed by atoms with Crippen LogP contribution in [0.5, 0.6) is 5.88 Å². The molecular formula is C30H37N7O5S. The maximum absolute atomic E-state index is 13.6. The minimum absolute atomic E-state index is 0.110. The highest BCUT2D eigenvalue weighted by atomic mass is 32.2. The average molecular weight is 608 g/mol. The lowest BCUT2D eigenvalue weighted by Crippen LogP contribution is -2.41. The lowest BCUT2D eigenvalue weighted by atomic mass is 9.69. The van der Waals surface area contributed by atoms with Crippen molar-refractivity contribution in [2.45, 2.75) is 69.0 Å². The molecule has 13 heteroatoms. The number of anilines is 2. The van der Waals surface area contributed by atoms with Gasteiger partial charge in [-0.2, -0.15) is 8.42 Å². The monoisotopic (exact) mass is 607 g/mol. The Labute approximate surface area is 251 Å². The highest BCUT2D eigenvalue weighted by Gasteiger charge is 2.54. The van der Waals surface area contributed by atoms with E-state index in [1.165, 1.54) is 31.7 Å². The van der Waals surface area contributed by atoms with E-state index in [1.54, 1.807) is 35.1 Å². The number of rotatable bonds is 5. The van der Waals surface area contributed by atoms with E-state index in [0.29, 0.717) is 61.5 Å². The molecule has 2 aliphatic heterocycles. The van der Waals surface area contributed by atoms with Crippen LogP contribution >= 0.6 is 0 Å². The summed E-state index contributed by atoms with van der Waals surface area (Å²) in [6.07, 6.45) is 8.80. The number of amides is 1. The van der Waals surface area contributed by atoms with Crippen LogP contribution in [0.4, 0.5) is 11.6 Å². The number of sulfonamides is 1. The van der Waals surface area contributed by atoms with Crippen LogP contribution in [0.1, 0.15) is 62.7 Å². The summed E-state index contributed by atoms with van der Waals surface area (Å²) in [6, 6.07) is 9.64. The Kier molecular flexibility index (Phi) is 6.84. The smallest absolute Gasteiger partial charge is 0.281 e. The highest BCUT2D eigenvalue weighted by molar-refractivity contribution is 7.90. The number of carbonyl (C=O) groups excluding carboxylic acids is 1. The molecule has 0 radical (unpaired) electrons. The van der Waals surface area contributed by atoms with Gasteiger partial charge in [-0.3, -0.25) is 4.79 Å². The minimum atomic E-state index is -4.25. The van der Waals surface area contributed by atoms with E-state index < -0.39 is 21.5 Å². The molecule has 3 aromatic heterocycles. The third-order valence-electron chi connectivity index (χ3n) is 9.46. The number of hydrogen-bond donors (Lipinski definition) is 2. The number of aromatic nitrogens is 4. The number of fused-ring (bicyclic) bond motifs is 6. The maximum atomic E-state index is 13.6. The molecule has 2 unspecified atom stereocenters. The molecule has 1 amide bonds. The topological polar surface area (TPSA) is 141 Å². The van der Waals surface area contributed by atoms with Crippen molar-refractivity contribution < 1.29 is 22.7 Å². The van der Waals surface area contributed by atoms with Crippen molar-refractivity contribution in [1.29, 1.82) is 0 Å². The molecule has 4 aliphatic rings. The Bertz CT molecular complexity index is 1650. The molecule has 7 rings (SSSR count). The van der Waals surface area contributed by atoms with E-state index in [1.807, 2.05) is 11.0 Å². The normalized spacial score (nSPS) is 25.0. The number of ether oxygens (including phenoxy) is 2. The summed E-state index contributed by atoms with van der Waals surface area (Å²) < 4.78 is 42.3. The summed E-state index contributed by atoms with van der Waals surface area (Å²) in [4.78, 5) is 24.6. The molecule has 2 aliphatic carbocycles. The molecule has 4 bridgehead atoms. The van der Waals surface area contributed by atoms with Crippen LogP contribution in [0.3, 0.4) is 0 Å². The summed E-state index contributed by atoms with van der Waals surface area (Å²) in [5.41, 5.74) is 0.333. The Hall–Kier alpha value is -3.71. The van der Waals surface area contributed by atoms with E-state index in [9.17, 15) is 13.2 Å². The summed E-state index contributed by atoms with van der Waals surface area (Å²) in [7, 11) is -4.25. The molecule has 12 nitrogen and oxygen atoms in total. The SMILES string of the molecule is CC1(C)CC2CN1c1nc(-n3ccc(OCCC4CCC45CC5)n3)ccc1C(=O)NS(=O)(=O)c1cccc(n1)NCCO2. The van der Waals surface area contributed by atoms with Crippen molar-refractivity contribution in [3.63, 3.8) is 0 Å². The molecule has 1 spiro atoms. The van der Waals surface area contributed by atoms with E-state index in [-0.39, 0.29) is 16.7 Å². The van der Waals surface area contributed by atoms with Gasteiger partial charge >= 0.3 is 0 Å². The largest absolute Gasteiger partial charge is 0.477 e. The van der Waals surface area contributed by atoms with Crippen LogP contribution in [-0.4, -0.2) is 72.0 Å². The van der Waals surface area contributed by atoms with Gasteiger partial charge in [0.2, 0.25) is 5.88 Å². The zero-order chi connectivity index (χ0) is 29.8. The molecular weight excluding hydrogens is 570 g/mol. The summed E-state index contributed by atoms with van der Waals surface area (Å²) >= 11 is 0. The number of pyridine rings is 2. The average Bonchev–Trinajstić information content (AvgIpc) is 3.59. The number of hydrogen-bond acceptors (Lipinski definition) is 10. The van der Waals surface area contributed by atoms with Gasteiger partial charge in [-0.25, -0.2) is 19.4 Å². The molecule has 0 aromatic carbocycles. The second kappa shape index (κ2) is 10.5. The van der Waals surface area contributed by atoms with Gasteiger partial charge in [0, 0.05) is 30.9 Å². The van der Waals surface area contributed by atoms with Gasteiger partial charge < -0.3 is 19.7 Å². The Balaban J connectivity index is 1.18. The van der Waals surface area contributed by atoms with E-state index in [4.69, 9.17) is 14.5 Å². The quantitative estimate of drug-likeness (QED) is 0.443. The summed E-state index contributed by atoms with van der Waals surface area (Å²) in [5.74, 6) is 1.71. The fourth-order valence-electron chi connectivity index (χ4n) is 6.76. The van der Waals surface area contributed by atoms with Crippen LogP contribution < -0.4 is 19.7 Å². The van der Waals surface area contributed by atoms with Crippen molar-refractivity contribution in [2.24, 2.45) is 11.3 Å². The molecule has 2 atom stereocenters. The molecule has 2 N–H and O–H groups in total. The maximum Gasteiger partial charge on any atom is 0.281 e. The lowest BCUT2D eigenvalue weighted by molar-refractivity contribution is 0.0710. The second-order valence-electron chi connectivity index (χ2n) is 12.7. The minimum Gasteiger partial charge on any atom is -0.477 e. The zero-order valence-corrected chi connectivity index (χ0v) is 25.3. The van der Waals surface area contributed by atoms with Crippen LogP contribution in [0.25, 0.3) is 5.82 Å². The standard InChI is InChI=1S/C30H37N7O5S/c1-29(2)18-21-19-36(29)27-22(28(38)35-43(39,40)26-5-3-4-23(32-26)31-14-17-41-21)6-7-24(33-27)37-15-9-25(34-37)42-16-10-20-8-11-30(20)12-13-30/h3-7,9,15,20-21H,8,10-14,16-19H2,1-2H3,(H,31,32)(H,35,38). The van der Waals surface area contributed by atoms with Crippen LogP contribution in [0.2, 0.25) is 0 Å². The van der Waals surface area contributed by atoms with Gasteiger partial charge in [0.1, 0.15) is 11.6 Å². The van der Waals surface area contributed by atoms with Crippen LogP contribution in [0, 0.1) is 11.3 Å². The highest BCUT2D eigenvalue weighted by Crippen LogP contribution is 2.65. The molecule has 228 valence electrons. The second-order valence-corrected chi connectivity index (χ2v) is 14.3. The third kappa shape index (κ3) is 5.44. The van der Waals surface area contributed by atoms with Gasteiger partial charge in [-0.05, 0) is 88.0 Å². The van der Waals surface area contributed by atoms with Crippen molar-refractivity contribution in [1.82, 2.24) is 24.5 Å². The van der Waals surface area contributed by atoms with E-state index in [2.05, 4.69) is 34.0 Å². The summed E-state index contributed by atoms with van der Waals surface area (Å²) in [5, 5.41) is 7.43. The first-order chi connectivity index (χ1) is 20.6. The third-order valence-corrected chi connectivity index (χ3v) is 10.7. The molecule has 3 aromatic rings. The number of nitrogens with zero attached hydrogens (tertiary/aromatic N) is 5.